The van der Waals surface area contributed by atoms with Crippen LogP contribution in [0, 0.1) is 11.3 Å². The average Bonchev–Trinajstić information content (AvgIpc) is 4.00. The predicted octanol–water partition coefficient (Wildman–Crippen LogP) is 17.2. The van der Waals surface area contributed by atoms with Gasteiger partial charge in [-0.15, -0.1) is 11.3 Å². The molecule has 0 bridgehead atoms. The molecule has 0 aliphatic heterocycles. The molecule has 0 fully saturated rings. The van der Waals surface area contributed by atoms with Crippen LogP contribution in [0.25, 0.3) is 109 Å². The van der Waals surface area contributed by atoms with Gasteiger partial charge in [-0.3, -0.25) is 0 Å². The zero-order chi connectivity index (χ0) is 45.8. The topological polar surface area (TPSA) is 33.6 Å². The van der Waals surface area contributed by atoms with Gasteiger partial charge in [-0.2, -0.15) is 31.6 Å². The number of hydrogen-bond acceptors (Lipinski definition) is 2. The van der Waals surface area contributed by atoms with Gasteiger partial charge in [0.25, 0.3) is 0 Å². The first-order valence-corrected chi connectivity index (χ1v) is 22.2. The van der Waals surface area contributed by atoms with E-state index in [0.717, 1.165) is 66.7 Å². The maximum absolute atomic E-state index is 14.5. The Hall–Kier alpha value is -8.13. The van der Waals surface area contributed by atoms with E-state index in [1.54, 1.807) is 35.6 Å². The Kier molecular flexibility index (Phi) is 9.01. The number of hydrogen-bond donors (Lipinski definition) is 0. The second kappa shape index (κ2) is 15.0. The molecule has 3 nitrogen and oxygen atoms in total. The van der Waals surface area contributed by atoms with Gasteiger partial charge in [0.2, 0.25) is 0 Å². The van der Waals surface area contributed by atoms with E-state index in [2.05, 4.69) is 30.3 Å². The smallest absolute Gasteiger partial charge is 0.307 e. The molecule has 0 spiro atoms. The lowest BCUT2D eigenvalue weighted by Gasteiger charge is -2.28. The molecule has 0 aliphatic carbocycles. The highest BCUT2D eigenvalue weighted by Crippen LogP contribution is 2.54. The van der Waals surface area contributed by atoms with Crippen molar-refractivity contribution < 1.29 is 26.3 Å². The van der Waals surface area contributed by atoms with E-state index in [1.807, 2.05) is 112 Å². The van der Waals surface area contributed by atoms with Crippen LogP contribution in [-0.4, -0.2) is 9.13 Å². The first kappa shape index (κ1) is 40.4. The fourth-order valence-electron chi connectivity index (χ4n) is 10.1. The van der Waals surface area contributed by atoms with Gasteiger partial charge in [0.15, 0.2) is 0 Å². The van der Waals surface area contributed by atoms with Crippen LogP contribution in [0.5, 0.6) is 0 Å². The van der Waals surface area contributed by atoms with Crippen molar-refractivity contribution in [1.29, 1.82) is 5.26 Å². The summed E-state index contributed by atoms with van der Waals surface area (Å²) in [5, 5.41) is 15.8. The third kappa shape index (κ3) is 6.19. The first-order chi connectivity index (χ1) is 32.5. The van der Waals surface area contributed by atoms with Crippen molar-refractivity contribution in [2.45, 2.75) is 12.4 Å². The molecular weight excluding hydrogens is 873 g/mol. The second-order valence-corrected chi connectivity index (χ2v) is 17.6. The maximum Gasteiger partial charge on any atom is 0.416 e. The molecule has 0 amide bonds. The Bertz CT molecular complexity index is 3820. The highest BCUT2D eigenvalue weighted by molar-refractivity contribution is 7.26. The summed E-state index contributed by atoms with van der Waals surface area (Å²) >= 11 is 1.65. The summed E-state index contributed by atoms with van der Waals surface area (Å²) in [6.07, 6.45) is -9.26. The van der Waals surface area contributed by atoms with Crippen LogP contribution < -0.4 is 0 Å². The largest absolute Gasteiger partial charge is 0.416 e. The molecule has 3 aromatic heterocycles. The van der Waals surface area contributed by atoms with E-state index >= 15 is 0 Å². The van der Waals surface area contributed by atoms with E-state index < -0.39 is 23.5 Å². The van der Waals surface area contributed by atoms with Crippen molar-refractivity contribution in [2.24, 2.45) is 0 Å². The molecule has 9 aromatic carbocycles. The van der Waals surface area contributed by atoms with E-state index in [-0.39, 0.29) is 5.56 Å². The van der Waals surface area contributed by atoms with Gasteiger partial charge in [0, 0.05) is 58.4 Å². The van der Waals surface area contributed by atoms with Gasteiger partial charge < -0.3 is 9.13 Å². The molecule has 0 N–H and O–H groups in total. The van der Waals surface area contributed by atoms with Crippen molar-refractivity contribution >= 4 is 75.1 Å². The molecule has 67 heavy (non-hydrogen) atoms. The average molecular weight is 904 g/mol. The quantitative estimate of drug-likeness (QED) is 0.158. The molecule has 12 rings (SSSR count). The molecule has 0 aliphatic rings. The summed E-state index contributed by atoms with van der Waals surface area (Å²) in [7, 11) is 0. The number of para-hydroxylation sites is 2. The van der Waals surface area contributed by atoms with E-state index in [1.165, 1.54) is 12.1 Å². The zero-order valence-electron chi connectivity index (χ0n) is 34.9. The summed E-state index contributed by atoms with van der Waals surface area (Å²) in [5.74, 6) is 0. The molecular formula is C57H31F6N3S. The number of rotatable bonds is 5. The molecule has 0 saturated heterocycles. The lowest BCUT2D eigenvalue weighted by Crippen LogP contribution is -2.11. The van der Waals surface area contributed by atoms with Gasteiger partial charge in [-0.1, -0.05) is 127 Å². The molecule has 3 heterocycles. The Morgan fingerprint density at radius 1 is 0.403 bits per heavy atom. The third-order valence-corrected chi connectivity index (χ3v) is 13.9. The molecule has 0 radical (unpaired) electrons. The van der Waals surface area contributed by atoms with Gasteiger partial charge >= 0.3 is 12.4 Å². The summed E-state index contributed by atoms with van der Waals surface area (Å²) < 4.78 is 93.2. The van der Waals surface area contributed by atoms with Crippen molar-refractivity contribution in [1.82, 2.24) is 9.13 Å². The molecule has 0 atom stereocenters. The van der Waals surface area contributed by atoms with Crippen LogP contribution in [0.3, 0.4) is 0 Å². The Morgan fingerprint density at radius 2 is 0.836 bits per heavy atom. The number of nitrogens with zero attached hydrogens (tertiary/aromatic N) is 3. The van der Waals surface area contributed by atoms with Crippen molar-refractivity contribution in [3.63, 3.8) is 0 Å². The Labute approximate surface area is 382 Å². The van der Waals surface area contributed by atoms with Crippen molar-refractivity contribution in [2.75, 3.05) is 0 Å². The molecule has 12 aromatic rings. The first-order valence-electron chi connectivity index (χ1n) is 21.4. The molecule has 10 heteroatoms. The number of thiophene rings is 1. The number of halogens is 6. The number of nitriles is 1. The SMILES string of the molecule is N#Cc1c(-n2c3ccccc3c3cc(C(F)(F)F)ccc32)c(-c2ccccc2)c(-c2cccc3sc4ccccc4c23)c(-c2ccccc2)c1-n1c2ccccc2c2cc(C(F)(F)F)ccc21. The molecule has 322 valence electrons. The van der Waals surface area contributed by atoms with Gasteiger partial charge in [0.05, 0.1) is 44.6 Å². The van der Waals surface area contributed by atoms with Gasteiger partial charge in [0.1, 0.15) is 11.6 Å². The van der Waals surface area contributed by atoms with E-state index in [4.69, 9.17) is 0 Å². The fraction of sp³-hybridized carbons (Fsp3) is 0.0351. The number of benzene rings is 9. The lowest BCUT2D eigenvalue weighted by atomic mass is 9.81. The van der Waals surface area contributed by atoms with Crippen LogP contribution in [-0.2, 0) is 12.4 Å². The highest BCUT2D eigenvalue weighted by atomic mass is 32.1. The van der Waals surface area contributed by atoms with Gasteiger partial charge in [-0.25, -0.2) is 0 Å². The highest BCUT2D eigenvalue weighted by Gasteiger charge is 2.36. The summed E-state index contributed by atoms with van der Waals surface area (Å²) in [6.45, 7) is 0. The minimum absolute atomic E-state index is 0.161. The van der Waals surface area contributed by atoms with E-state index in [9.17, 15) is 31.6 Å². The fourth-order valence-corrected chi connectivity index (χ4v) is 11.2. The van der Waals surface area contributed by atoms with Crippen LogP contribution in [0.2, 0.25) is 0 Å². The second-order valence-electron chi connectivity index (χ2n) is 16.5. The predicted molar refractivity (Wildman–Crippen MR) is 259 cm³/mol. The monoisotopic (exact) mass is 903 g/mol. The minimum Gasteiger partial charge on any atom is -0.307 e. The standard InChI is InChI=1S/C57H31F6N3S/c58-56(59,60)35-26-28-46-41(30-35)37-18-7-10-22-44(37)65(46)54-43(32-64)55(66-45-23-11-8-19-38(45)42-31-36(57(61,62)63)27-29-47(42)66)51(34-16-5-2-6-17-34)53(50(54)33-14-3-1-4-15-33)40-21-13-25-49-52(40)39-20-9-12-24-48(39)67-49/h1-31H. The summed E-state index contributed by atoms with van der Waals surface area (Å²) in [4.78, 5) is 0. The van der Waals surface area contributed by atoms with E-state index in [0.29, 0.717) is 66.1 Å². The lowest BCUT2D eigenvalue weighted by molar-refractivity contribution is -0.138. The Morgan fingerprint density at radius 3 is 1.33 bits per heavy atom. The molecule has 0 saturated carbocycles. The number of alkyl halides is 6. The zero-order valence-corrected chi connectivity index (χ0v) is 35.7. The van der Waals surface area contributed by atoms with Crippen LogP contribution in [0.1, 0.15) is 16.7 Å². The van der Waals surface area contributed by atoms with Gasteiger partial charge in [-0.05, 0) is 77.4 Å². The van der Waals surface area contributed by atoms with Crippen LogP contribution >= 0.6 is 11.3 Å². The third-order valence-electron chi connectivity index (χ3n) is 12.8. The normalized spacial score (nSPS) is 12.3. The van der Waals surface area contributed by atoms with Crippen LogP contribution in [0.15, 0.2) is 188 Å². The summed E-state index contributed by atoms with van der Waals surface area (Å²) in [6, 6.07) is 58.1. The molecule has 0 unspecified atom stereocenters. The maximum atomic E-state index is 14.5. The van der Waals surface area contributed by atoms with Crippen molar-refractivity contribution in [3.05, 3.63) is 205 Å². The number of aromatic nitrogens is 2. The summed E-state index contributed by atoms with van der Waals surface area (Å²) in [5.41, 5.74) is 5.65. The van der Waals surface area contributed by atoms with Crippen molar-refractivity contribution in [3.8, 4) is 50.8 Å². The Balaban J connectivity index is 1.40. The van der Waals surface area contributed by atoms with Crippen LogP contribution in [0.4, 0.5) is 26.3 Å². The number of fused-ring (bicyclic) bond motifs is 9. The minimum atomic E-state index is -4.63.